The van der Waals surface area contributed by atoms with Crippen molar-refractivity contribution in [3.8, 4) is 5.75 Å². The second kappa shape index (κ2) is 6.27. The minimum Gasteiger partial charge on any atom is -0.486 e. The first-order chi connectivity index (χ1) is 10.3. The molecule has 2 aromatic carbocycles. The molecule has 0 bridgehead atoms. The molecule has 3 rings (SSSR count). The fraction of sp³-hybridized carbons (Fsp3) is 0.333. The third-order valence-corrected chi connectivity index (χ3v) is 3.93. The minimum atomic E-state index is -0.302. The van der Waals surface area contributed by atoms with Gasteiger partial charge < -0.3 is 10.1 Å². The molecule has 0 aromatic heterocycles. The molecule has 0 unspecified atom stereocenters. The Morgan fingerprint density at radius 1 is 1.05 bits per heavy atom. The zero-order chi connectivity index (χ0) is 14.7. The van der Waals surface area contributed by atoms with Crippen LogP contribution in [0.15, 0.2) is 36.4 Å². The number of halogens is 1. The summed E-state index contributed by atoms with van der Waals surface area (Å²) in [4.78, 5) is 0. The van der Waals surface area contributed by atoms with Crippen molar-refractivity contribution < 1.29 is 9.13 Å². The Balaban J connectivity index is 1.67. The lowest BCUT2D eigenvalue weighted by Crippen LogP contribution is -2.05. The molecule has 1 N–H and O–H groups in total. The molecule has 0 fully saturated rings. The minimum absolute atomic E-state index is 0.302. The maximum atomic E-state index is 13.9. The van der Waals surface area contributed by atoms with E-state index in [1.165, 1.54) is 30.0 Å². The van der Waals surface area contributed by atoms with E-state index in [1.54, 1.807) is 6.07 Å². The number of nitrogens with one attached hydrogen (secondary N) is 1. The van der Waals surface area contributed by atoms with Crippen molar-refractivity contribution in [2.75, 3.05) is 7.05 Å². The van der Waals surface area contributed by atoms with Gasteiger partial charge in [-0.1, -0.05) is 24.3 Å². The maximum absolute atomic E-state index is 13.9. The second-order valence-electron chi connectivity index (χ2n) is 5.54. The Morgan fingerprint density at radius 3 is 2.67 bits per heavy atom. The lowest BCUT2D eigenvalue weighted by atomic mass is 10.1. The van der Waals surface area contributed by atoms with Gasteiger partial charge in [0, 0.05) is 6.54 Å². The molecule has 0 heterocycles. The van der Waals surface area contributed by atoms with E-state index in [9.17, 15) is 4.39 Å². The quantitative estimate of drug-likeness (QED) is 0.906. The van der Waals surface area contributed by atoms with Gasteiger partial charge in [-0.05, 0) is 60.7 Å². The molecule has 0 amide bonds. The van der Waals surface area contributed by atoms with E-state index in [0.29, 0.717) is 18.9 Å². The van der Waals surface area contributed by atoms with E-state index in [1.807, 2.05) is 13.1 Å². The summed E-state index contributed by atoms with van der Waals surface area (Å²) in [6.07, 6.45) is 3.56. The fourth-order valence-corrected chi connectivity index (χ4v) is 2.85. The molecule has 0 spiro atoms. The smallest absolute Gasteiger partial charge is 0.165 e. The Bertz CT molecular complexity index is 639. The Kier molecular flexibility index (Phi) is 4.20. The van der Waals surface area contributed by atoms with Crippen molar-refractivity contribution in [2.45, 2.75) is 32.4 Å². The number of hydrogen-bond donors (Lipinski definition) is 1. The van der Waals surface area contributed by atoms with Crippen LogP contribution in [0.3, 0.4) is 0 Å². The summed E-state index contributed by atoms with van der Waals surface area (Å²) in [5, 5.41) is 3.00. The van der Waals surface area contributed by atoms with Crippen LogP contribution in [0, 0.1) is 5.82 Å². The van der Waals surface area contributed by atoms with E-state index in [0.717, 1.165) is 17.5 Å². The van der Waals surface area contributed by atoms with Crippen LogP contribution in [0.5, 0.6) is 5.75 Å². The van der Waals surface area contributed by atoms with Gasteiger partial charge in [-0.2, -0.15) is 0 Å². The summed E-state index contributed by atoms with van der Waals surface area (Å²) >= 11 is 0. The third kappa shape index (κ3) is 3.24. The molecule has 1 aliphatic carbocycles. The van der Waals surface area contributed by atoms with Gasteiger partial charge in [-0.3, -0.25) is 0 Å². The molecule has 0 atom stereocenters. The predicted octanol–water partition coefficient (Wildman–Crippen LogP) is 3.61. The lowest BCUT2D eigenvalue weighted by molar-refractivity contribution is 0.290. The molecule has 2 nitrogen and oxygen atoms in total. The summed E-state index contributed by atoms with van der Waals surface area (Å²) in [6.45, 7) is 1.07. The van der Waals surface area contributed by atoms with E-state index < -0.39 is 0 Å². The van der Waals surface area contributed by atoms with Crippen molar-refractivity contribution in [3.63, 3.8) is 0 Å². The molecule has 21 heavy (non-hydrogen) atoms. The van der Waals surface area contributed by atoms with Crippen LogP contribution >= 0.6 is 0 Å². The van der Waals surface area contributed by atoms with Crippen LogP contribution < -0.4 is 10.1 Å². The van der Waals surface area contributed by atoms with Crippen LogP contribution in [0.4, 0.5) is 4.39 Å². The first-order valence-electron chi connectivity index (χ1n) is 7.43. The average molecular weight is 285 g/mol. The first-order valence-corrected chi connectivity index (χ1v) is 7.43. The van der Waals surface area contributed by atoms with Gasteiger partial charge in [-0.15, -0.1) is 0 Å². The van der Waals surface area contributed by atoms with Crippen molar-refractivity contribution in [2.24, 2.45) is 0 Å². The van der Waals surface area contributed by atoms with Gasteiger partial charge in [0.15, 0.2) is 11.6 Å². The molecule has 1 aliphatic rings. The SMILES string of the molecule is CNCc1ccc(OCc2ccc3c(c2)CCC3)c(F)c1. The average Bonchev–Trinajstić information content (AvgIpc) is 2.94. The number of ether oxygens (including phenoxy) is 1. The van der Waals surface area contributed by atoms with E-state index in [-0.39, 0.29) is 5.82 Å². The van der Waals surface area contributed by atoms with Crippen molar-refractivity contribution in [1.29, 1.82) is 0 Å². The highest BCUT2D eigenvalue weighted by atomic mass is 19.1. The normalized spacial score (nSPS) is 13.2. The Labute approximate surface area is 125 Å². The number of benzene rings is 2. The van der Waals surface area contributed by atoms with E-state index >= 15 is 0 Å². The zero-order valence-corrected chi connectivity index (χ0v) is 12.3. The highest BCUT2D eigenvalue weighted by Gasteiger charge is 2.11. The standard InChI is InChI=1S/C18H20FNO/c1-20-11-13-6-8-18(17(19)10-13)21-12-14-5-7-15-3-2-4-16(15)9-14/h5-10,20H,2-4,11-12H2,1H3. The molecule has 2 aromatic rings. The van der Waals surface area contributed by atoms with Crippen LogP contribution in [0.2, 0.25) is 0 Å². The van der Waals surface area contributed by atoms with Crippen molar-refractivity contribution in [3.05, 3.63) is 64.5 Å². The summed E-state index contributed by atoms with van der Waals surface area (Å²) in [7, 11) is 1.84. The van der Waals surface area contributed by atoms with E-state index in [4.69, 9.17) is 4.74 Å². The molecule has 3 heteroatoms. The van der Waals surface area contributed by atoms with Gasteiger partial charge in [0.05, 0.1) is 0 Å². The van der Waals surface area contributed by atoms with Gasteiger partial charge in [0.1, 0.15) is 6.61 Å². The van der Waals surface area contributed by atoms with Crippen LogP contribution in [-0.4, -0.2) is 7.05 Å². The molecule has 0 saturated heterocycles. The monoisotopic (exact) mass is 285 g/mol. The molecule has 0 radical (unpaired) electrons. The highest BCUT2D eigenvalue weighted by Crippen LogP contribution is 2.24. The van der Waals surface area contributed by atoms with E-state index in [2.05, 4.69) is 23.5 Å². The Morgan fingerprint density at radius 2 is 1.86 bits per heavy atom. The predicted molar refractivity (Wildman–Crippen MR) is 82.0 cm³/mol. The summed E-state index contributed by atoms with van der Waals surface area (Å²) in [5.74, 6) is 0.0132. The molecular weight excluding hydrogens is 265 g/mol. The van der Waals surface area contributed by atoms with Crippen molar-refractivity contribution in [1.82, 2.24) is 5.32 Å². The summed E-state index contributed by atoms with van der Waals surface area (Å²) < 4.78 is 19.6. The van der Waals surface area contributed by atoms with Gasteiger partial charge in [0.25, 0.3) is 0 Å². The van der Waals surface area contributed by atoms with Crippen LogP contribution in [-0.2, 0) is 26.0 Å². The third-order valence-electron chi connectivity index (χ3n) is 3.93. The molecule has 110 valence electrons. The second-order valence-corrected chi connectivity index (χ2v) is 5.54. The molecule has 0 aliphatic heterocycles. The number of hydrogen-bond acceptors (Lipinski definition) is 2. The molecular formula is C18H20FNO. The van der Waals surface area contributed by atoms with Gasteiger partial charge in [-0.25, -0.2) is 4.39 Å². The largest absolute Gasteiger partial charge is 0.486 e. The topological polar surface area (TPSA) is 21.3 Å². The molecule has 0 saturated carbocycles. The lowest BCUT2D eigenvalue weighted by Gasteiger charge is -2.10. The van der Waals surface area contributed by atoms with Crippen LogP contribution in [0.25, 0.3) is 0 Å². The van der Waals surface area contributed by atoms with Gasteiger partial charge >= 0.3 is 0 Å². The number of fused-ring (bicyclic) bond motifs is 1. The highest BCUT2D eigenvalue weighted by molar-refractivity contribution is 5.35. The summed E-state index contributed by atoms with van der Waals surface area (Å²) in [5.41, 5.74) is 4.89. The maximum Gasteiger partial charge on any atom is 0.165 e. The van der Waals surface area contributed by atoms with Crippen molar-refractivity contribution >= 4 is 0 Å². The Hall–Kier alpha value is -1.87. The number of aryl methyl sites for hydroxylation is 2. The first kappa shape index (κ1) is 14.1. The van der Waals surface area contributed by atoms with Gasteiger partial charge in [0.2, 0.25) is 0 Å². The van der Waals surface area contributed by atoms with Crippen LogP contribution in [0.1, 0.15) is 28.7 Å². The fourth-order valence-electron chi connectivity index (χ4n) is 2.85. The summed E-state index contributed by atoms with van der Waals surface area (Å²) in [6, 6.07) is 11.6. The number of rotatable bonds is 5. The zero-order valence-electron chi connectivity index (χ0n) is 12.3.